The van der Waals surface area contributed by atoms with Gasteiger partial charge in [0.15, 0.2) is 5.65 Å². The zero-order chi connectivity index (χ0) is 24.2. The Morgan fingerprint density at radius 1 is 1.00 bits per heavy atom. The standard InChI is InChI=1S/C27H26N4O4/c32-26(27(33)34)30-23-16-29-31-24(20-9-5-2-6-10-20)22(15-28-25(23)31)19-11-13-21(14-12-19)35-17-18-7-3-1-4-8-18/h1,3-4,7-8,11-16,20H,2,5-6,9-10,17H2,(H,30,32)(H,33,34). The zero-order valence-corrected chi connectivity index (χ0v) is 19.2. The minimum absolute atomic E-state index is 0.283. The van der Waals surface area contributed by atoms with Crippen LogP contribution in [0.1, 0.15) is 49.3 Å². The van der Waals surface area contributed by atoms with Crippen molar-refractivity contribution in [2.45, 2.75) is 44.6 Å². The highest BCUT2D eigenvalue weighted by atomic mass is 16.5. The van der Waals surface area contributed by atoms with Crippen LogP contribution in [0.25, 0.3) is 16.8 Å². The molecule has 35 heavy (non-hydrogen) atoms. The number of nitrogens with zero attached hydrogens (tertiary/aromatic N) is 3. The van der Waals surface area contributed by atoms with Gasteiger partial charge in [-0.3, -0.25) is 4.79 Å². The summed E-state index contributed by atoms with van der Waals surface area (Å²) in [6.45, 7) is 0.499. The summed E-state index contributed by atoms with van der Waals surface area (Å²) in [6, 6.07) is 18.0. The van der Waals surface area contributed by atoms with Crippen molar-refractivity contribution in [1.29, 1.82) is 0 Å². The van der Waals surface area contributed by atoms with Crippen molar-refractivity contribution in [3.8, 4) is 16.9 Å². The van der Waals surface area contributed by atoms with Crippen molar-refractivity contribution >= 4 is 23.2 Å². The average molecular weight is 471 g/mol. The van der Waals surface area contributed by atoms with E-state index in [2.05, 4.69) is 15.4 Å². The number of ether oxygens (including phenoxy) is 1. The van der Waals surface area contributed by atoms with Crippen LogP contribution >= 0.6 is 0 Å². The van der Waals surface area contributed by atoms with E-state index in [9.17, 15) is 9.59 Å². The second kappa shape index (κ2) is 9.97. The summed E-state index contributed by atoms with van der Waals surface area (Å²) < 4.78 is 7.69. The van der Waals surface area contributed by atoms with Gasteiger partial charge in [0.05, 0.1) is 11.9 Å². The number of hydrogen-bond donors (Lipinski definition) is 2. The fourth-order valence-electron chi connectivity index (χ4n) is 4.68. The molecule has 1 aliphatic carbocycles. The molecule has 2 heterocycles. The number of hydrogen-bond acceptors (Lipinski definition) is 5. The largest absolute Gasteiger partial charge is 0.489 e. The molecule has 0 spiro atoms. The Morgan fingerprint density at radius 2 is 1.74 bits per heavy atom. The third kappa shape index (κ3) is 4.87. The fourth-order valence-corrected chi connectivity index (χ4v) is 4.68. The van der Waals surface area contributed by atoms with Crippen LogP contribution < -0.4 is 10.1 Å². The summed E-state index contributed by atoms with van der Waals surface area (Å²) >= 11 is 0. The molecule has 8 heteroatoms. The molecule has 5 rings (SSSR count). The third-order valence-electron chi connectivity index (χ3n) is 6.41. The molecule has 0 radical (unpaired) electrons. The fraction of sp³-hybridized carbons (Fsp3) is 0.259. The summed E-state index contributed by atoms with van der Waals surface area (Å²) in [5, 5.41) is 15.8. The molecule has 1 fully saturated rings. The van der Waals surface area contributed by atoms with Crippen molar-refractivity contribution in [1.82, 2.24) is 14.6 Å². The number of fused-ring (bicyclic) bond motifs is 1. The Bertz CT molecular complexity index is 1340. The average Bonchev–Trinajstić information content (AvgIpc) is 3.31. The summed E-state index contributed by atoms with van der Waals surface area (Å²) in [7, 11) is 0. The first-order valence-corrected chi connectivity index (χ1v) is 11.8. The maximum Gasteiger partial charge on any atom is 0.394 e. The topological polar surface area (TPSA) is 106 Å². The number of aliphatic carboxylic acids is 1. The molecule has 4 aromatic rings. The van der Waals surface area contributed by atoms with Gasteiger partial charge in [-0.1, -0.05) is 61.7 Å². The van der Waals surface area contributed by atoms with Crippen LogP contribution in [0.4, 0.5) is 5.69 Å². The SMILES string of the molecule is O=C(O)C(=O)Nc1cnn2c(C3CCCCC3)c(-c3ccc(OCc4ccccc4)cc3)cnc12. The molecular weight excluding hydrogens is 444 g/mol. The van der Waals surface area contributed by atoms with E-state index in [4.69, 9.17) is 9.84 Å². The molecule has 0 aliphatic heterocycles. The summed E-state index contributed by atoms with van der Waals surface area (Å²) in [5.41, 5.74) is 4.83. The van der Waals surface area contributed by atoms with E-state index in [1.165, 1.54) is 12.6 Å². The third-order valence-corrected chi connectivity index (χ3v) is 6.41. The van der Waals surface area contributed by atoms with Gasteiger partial charge in [0.1, 0.15) is 18.0 Å². The molecule has 1 amide bonds. The maximum absolute atomic E-state index is 11.7. The molecule has 1 saturated carbocycles. The Morgan fingerprint density at radius 3 is 2.46 bits per heavy atom. The van der Waals surface area contributed by atoms with Gasteiger partial charge in [0.2, 0.25) is 0 Å². The number of carbonyl (C=O) groups is 2. The van der Waals surface area contributed by atoms with Gasteiger partial charge in [-0.25, -0.2) is 14.3 Å². The number of nitrogens with one attached hydrogen (secondary N) is 1. The van der Waals surface area contributed by atoms with E-state index in [-0.39, 0.29) is 5.69 Å². The summed E-state index contributed by atoms with van der Waals surface area (Å²) in [4.78, 5) is 27.3. The Balaban J connectivity index is 1.47. The van der Waals surface area contributed by atoms with Crippen LogP contribution in [0, 0.1) is 0 Å². The maximum atomic E-state index is 11.7. The van der Waals surface area contributed by atoms with E-state index >= 15 is 0 Å². The minimum atomic E-state index is -1.55. The second-order valence-electron chi connectivity index (χ2n) is 8.74. The summed E-state index contributed by atoms with van der Waals surface area (Å²) in [5.74, 6) is -1.59. The molecule has 1 aliphatic rings. The van der Waals surface area contributed by atoms with Gasteiger partial charge in [-0.05, 0) is 36.1 Å². The van der Waals surface area contributed by atoms with Crippen LogP contribution in [0.2, 0.25) is 0 Å². The molecule has 0 saturated heterocycles. The first-order chi connectivity index (χ1) is 17.1. The van der Waals surface area contributed by atoms with E-state index in [1.54, 1.807) is 10.7 Å². The molecule has 2 aromatic carbocycles. The Kier molecular flexibility index (Phi) is 6.43. The smallest absolute Gasteiger partial charge is 0.394 e. The quantitative estimate of drug-likeness (QED) is 0.382. The zero-order valence-electron chi connectivity index (χ0n) is 19.2. The normalized spacial score (nSPS) is 14.1. The van der Waals surface area contributed by atoms with E-state index in [1.807, 2.05) is 54.6 Å². The highest BCUT2D eigenvalue weighted by molar-refractivity contribution is 6.36. The van der Waals surface area contributed by atoms with Crippen molar-refractivity contribution < 1.29 is 19.4 Å². The lowest BCUT2D eigenvalue weighted by atomic mass is 9.84. The van der Waals surface area contributed by atoms with Gasteiger partial charge in [-0.2, -0.15) is 5.10 Å². The van der Waals surface area contributed by atoms with Crippen LogP contribution in [0.15, 0.2) is 67.0 Å². The number of benzene rings is 2. The first kappa shape index (κ1) is 22.6. The van der Waals surface area contributed by atoms with E-state index in [0.717, 1.165) is 53.8 Å². The van der Waals surface area contributed by atoms with Crippen molar-refractivity contribution in [3.63, 3.8) is 0 Å². The van der Waals surface area contributed by atoms with E-state index in [0.29, 0.717) is 18.2 Å². The highest BCUT2D eigenvalue weighted by Crippen LogP contribution is 2.39. The molecule has 0 atom stereocenters. The molecule has 2 N–H and O–H groups in total. The lowest BCUT2D eigenvalue weighted by Crippen LogP contribution is -2.21. The molecule has 2 aromatic heterocycles. The van der Waals surface area contributed by atoms with Crippen LogP contribution in [0.3, 0.4) is 0 Å². The van der Waals surface area contributed by atoms with Crippen molar-refractivity contribution in [2.24, 2.45) is 0 Å². The number of carboxylic acid groups (broad SMARTS) is 1. The molecular formula is C27H26N4O4. The Hall–Kier alpha value is -4.20. The summed E-state index contributed by atoms with van der Waals surface area (Å²) in [6.07, 6.45) is 8.83. The second-order valence-corrected chi connectivity index (χ2v) is 8.74. The van der Waals surface area contributed by atoms with Gasteiger partial charge in [-0.15, -0.1) is 0 Å². The van der Waals surface area contributed by atoms with Crippen molar-refractivity contribution in [2.75, 3.05) is 5.32 Å². The monoisotopic (exact) mass is 470 g/mol. The van der Waals surface area contributed by atoms with E-state index < -0.39 is 11.9 Å². The number of aromatic nitrogens is 3. The predicted molar refractivity (Wildman–Crippen MR) is 131 cm³/mol. The minimum Gasteiger partial charge on any atom is -0.489 e. The molecule has 0 bridgehead atoms. The lowest BCUT2D eigenvalue weighted by molar-refractivity contribution is -0.147. The van der Waals surface area contributed by atoms with Crippen LogP contribution in [-0.2, 0) is 16.2 Å². The van der Waals surface area contributed by atoms with Gasteiger partial charge >= 0.3 is 11.9 Å². The number of anilines is 1. The molecule has 8 nitrogen and oxygen atoms in total. The van der Waals surface area contributed by atoms with Gasteiger partial charge in [0, 0.05) is 17.7 Å². The highest BCUT2D eigenvalue weighted by Gasteiger charge is 2.25. The molecule has 0 unspecified atom stereocenters. The van der Waals surface area contributed by atoms with Crippen LogP contribution in [0.5, 0.6) is 5.75 Å². The number of rotatable bonds is 6. The number of amides is 1. The predicted octanol–water partition coefficient (Wildman–Crippen LogP) is 5.05. The van der Waals surface area contributed by atoms with Crippen molar-refractivity contribution in [3.05, 3.63) is 78.2 Å². The van der Waals surface area contributed by atoms with Gasteiger partial charge < -0.3 is 15.2 Å². The van der Waals surface area contributed by atoms with Crippen LogP contribution in [-0.4, -0.2) is 31.6 Å². The number of carboxylic acids is 1. The molecule has 178 valence electrons. The number of carbonyl (C=O) groups excluding carboxylic acids is 1. The lowest BCUT2D eigenvalue weighted by Gasteiger charge is -2.25. The Labute approximate surface area is 202 Å². The first-order valence-electron chi connectivity index (χ1n) is 11.8. The van der Waals surface area contributed by atoms with Gasteiger partial charge in [0.25, 0.3) is 0 Å².